The first kappa shape index (κ1) is 12.7. The molecule has 0 saturated heterocycles. The fourth-order valence-corrected chi connectivity index (χ4v) is 3.24. The van der Waals surface area contributed by atoms with E-state index in [1.165, 1.54) is 20.0 Å². The van der Waals surface area contributed by atoms with Crippen LogP contribution in [0.3, 0.4) is 0 Å². The van der Waals surface area contributed by atoms with Crippen molar-refractivity contribution in [3.8, 4) is 0 Å². The minimum atomic E-state index is 0.925. The first-order valence-electron chi connectivity index (χ1n) is 5.44. The Balaban J connectivity index is 2.08. The number of rotatable bonds is 4. The predicted molar refractivity (Wildman–Crippen MR) is 77.2 cm³/mol. The summed E-state index contributed by atoms with van der Waals surface area (Å²) in [5.74, 6) is 0. The average molecular weight is 350 g/mol. The minimum absolute atomic E-state index is 0.925. The summed E-state index contributed by atoms with van der Waals surface area (Å²) in [5.41, 5.74) is 2.52. The summed E-state index contributed by atoms with van der Waals surface area (Å²) in [6.45, 7) is 0. The van der Waals surface area contributed by atoms with Crippen LogP contribution in [-0.2, 0) is 0 Å². The van der Waals surface area contributed by atoms with Crippen LogP contribution in [0.2, 0.25) is 0 Å². The van der Waals surface area contributed by atoms with Crippen molar-refractivity contribution in [2.45, 2.75) is 6.42 Å². The molecule has 84 valence electrons. The number of hydrogen-bond donors (Lipinski definition) is 0. The van der Waals surface area contributed by atoms with E-state index in [1.54, 1.807) is 0 Å². The summed E-state index contributed by atoms with van der Waals surface area (Å²) in [7, 11) is 0. The van der Waals surface area contributed by atoms with Crippen LogP contribution in [0.25, 0.3) is 0 Å². The molecule has 0 saturated carbocycles. The van der Waals surface area contributed by atoms with Crippen LogP contribution in [0.15, 0.2) is 60.7 Å². The fourth-order valence-electron chi connectivity index (χ4n) is 1.60. The molecular formula is C15H12Se2. The summed E-state index contributed by atoms with van der Waals surface area (Å²) >= 11 is 6.34. The third kappa shape index (κ3) is 3.59. The van der Waals surface area contributed by atoms with E-state index in [1.807, 2.05) is 12.1 Å². The van der Waals surface area contributed by atoms with Gasteiger partial charge in [-0.1, -0.05) is 0 Å². The fraction of sp³-hybridized carbons (Fsp3) is 0.0667. The molecule has 0 bridgehead atoms. The molecule has 0 atom stereocenters. The maximum absolute atomic E-state index is 3.17. The van der Waals surface area contributed by atoms with Gasteiger partial charge in [-0.25, -0.2) is 0 Å². The van der Waals surface area contributed by atoms with Crippen LogP contribution in [0.5, 0.6) is 0 Å². The Bertz CT molecular complexity index is 466. The zero-order valence-corrected chi connectivity index (χ0v) is 12.7. The quantitative estimate of drug-likeness (QED) is 0.742. The van der Waals surface area contributed by atoms with Crippen LogP contribution < -0.4 is 0 Å². The van der Waals surface area contributed by atoms with Crippen molar-refractivity contribution < 1.29 is 0 Å². The van der Waals surface area contributed by atoms with Crippen LogP contribution in [0.1, 0.15) is 17.5 Å². The summed E-state index contributed by atoms with van der Waals surface area (Å²) in [5, 5.41) is 0. The summed E-state index contributed by atoms with van der Waals surface area (Å²) in [6.07, 6.45) is 0.925. The molecule has 2 heteroatoms. The Labute approximate surface area is 118 Å². The van der Waals surface area contributed by atoms with Gasteiger partial charge in [0.15, 0.2) is 0 Å². The van der Waals surface area contributed by atoms with Gasteiger partial charge in [-0.2, -0.15) is 0 Å². The van der Waals surface area contributed by atoms with E-state index in [0.717, 1.165) is 6.42 Å². The Morgan fingerprint density at radius 2 is 1.00 bits per heavy atom. The van der Waals surface area contributed by atoms with Crippen LogP contribution in [0, 0.1) is 0 Å². The summed E-state index contributed by atoms with van der Waals surface area (Å²) < 4.78 is 2.53. The molecule has 0 nitrogen and oxygen atoms in total. The molecule has 0 spiro atoms. The molecule has 0 aromatic heterocycles. The first-order valence-corrected chi connectivity index (χ1v) is 7.15. The van der Waals surface area contributed by atoms with Gasteiger partial charge in [0, 0.05) is 0 Å². The van der Waals surface area contributed by atoms with E-state index in [-0.39, 0.29) is 0 Å². The molecule has 2 aromatic rings. The Morgan fingerprint density at radius 3 is 1.35 bits per heavy atom. The van der Waals surface area contributed by atoms with Crippen molar-refractivity contribution >= 4 is 40.0 Å². The molecule has 0 aliphatic carbocycles. The van der Waals surface area contributed by atoms with Gasteiger partial charge >= 0.3 is 118 Å². The van der Waals surface area contributed by atoms with Crippen molar-refractivity contribution in [2.75, 3.05) is 0 Å². The van der Waals surface area contributed by atoms with Gasteiger partial charge in [-0.05, 0) is 0 Å². The van der Waals surface area contributed by atoms with Crippen molar-refractivity contribution in [3.05, 3.63) is 71.8 Å². The predicted octanol–water partition coefficient (Wildman–Crippen LogP) is 2.15. The molecule has 0 aliphatic heterocycles. The molecular weight excluding hydrogens is 338 g/mol. The van der Waals surface area contributed by atoms with E-state index in [9.17, 15) is 0 Å². The molecule has 2 aromatic carbocycles. The third-order valence-electron chi connectivity index (χ3n) is 2.51. The second kappa shape index (κ2) is 6.23. The van der Waals surface area contributed by atoms with Crippen molar-refractivity contribution in [1.82, 2.24) is 0 Å². The summed E-state index contributed by atoms with van der Waals surface area (Å²) in [6, 6.07) is 20.8. The second-order valence-electron chi connectivity index (χ2n) is 3.76. The molecule has 0 unspecified atom stereocenters. The Morgan fingerprint density at radius 1 is 0.647 bits per heavy atom. The van der Waals surface area contributed by atoms with Gasteiger partial charge in [0.05, 0.1) is 0 Å². The van der Waals surface area contributed by atoms with E-state index >= 15 is 0 Å². The van der Waals surface area contributed by atoms with Gasteiger partial charge < -0.3 is 0 Å². The van der Waals surface area contributed by atoms with Gasteiger partial charge in [-0.3, -0.25) is 0 Å². The average Bonchev–Trinajstić information content (AvgIpc) is 2.40. The molecule has 0 aliphatic rings. The topological polar surface area (TPSA) is 0 Å². The third-order valence-corrected chi connectivity index (χ3v) is 4.11. The second-order valence-corrected chi connectivity index (χ2v) is 5.82. The molecule has 0 N–H and O–H groups in total. The zero-order valence-electron chi connectivity index (χ0n) is 9.30. The first-order chi connectivity index (χ1) is 8.27. The van der Waals surface area contributed by atoms with Gasteiger partial charge in [-0.15, -0.1) is 0 Å². The van der Waals surface area contributed by atoms with E-state index in [0.29, 0.717) is 0 Å². The van der Waals surface area contributed by atoms with Gasteiger partial charge in [0.25, 0.3) is 0 Å². The molecule has 0 amide bonds. The molecule has 0 radical (unpaired) electrons. The molecule has 17 heavy (non-hydrogen) atoms. The van der Waals surface area contributed by atoms with Crippen molar-refractivity contribution in [3.63, 3.8) is 0 Å². The van der Waals surface area contributed by atoms with Gasteiger partial charge in [0.1, 0.15) is 0 Å². The van der Waals surface area contributed by atoms with Crippen LogP contribution >= 0.6 is 0 Å². The zero-order chi connectivity index (χ0) is 12.1. The monoisotopic (exact) mass is 352 g/mol. The van der Waals surface area contributed by atoms with Crippen LogP contribution in [-0.4, -0.2) is 40.0 Å². The Hall–Kier alpha value is -0.781. The van der Waals surface area contributed by atoms with Crippen molar-refractivity contribution in [2.24, 2.45) is 0 Å². The van der Waals surface area contributed by atoms with Crippen LogP contribution in [0.4, 0.5) is 0 Å². The Kier molecular flexibility index (Phi) is 4.65. The van der Waals surface area contributed by atoms with E-state index < -0.39 is 0 Å². The van der Waals surface area contributed by atoms with E-state index in [2.05, 4.69) is 79.7 Å². The SMILES string of the molecule is [Se]=C(CC(=[Se])c1ccccc1)c1ccccc1. The molecule has 0 heterocycles. The number of hydrogen-bond acceptors (Lipinski definition) is 0. The van der Waals surface area contributed by atoms with Crippen molar-refractivity contribution in [1.29, 1.82) is 0 Å². The molecule has 2 rings (SSSR count). The standard InChI is InChI=1S/C15H12Se2/c16-14(12-7-3-1-4-8-12)11-15(17)13-9-5-2-6-10-13/h1-10H,11H2. The molecule has 0 fully saturated rings. The normalized spacial score (nSPS) is 9.88. The number of benzene rings is 2. The maximum atomic E-state index is 3.17. The summed E-state index contributed by atoms with van der Waals surface area (Å²) in [4.78, 5) is 0. The van der Waals surface area contributed by atoms with E-state index in [4.69, 9.17) is 0 Å². The van der Waals surface area contributed by atoms with Gasteiger partial charge in [0.2, 0.25) is 0 Å².